The molecule has 0 spiro atoms. The molecule has 0 radical (unpaired) electrons. The Morgan fingerprint density at radius 2 is 1.61 bits per heavy atom. The van der Waals surface area contributed by atoms with Crippen LogP contribution in [-0.4, -0.2) is 9.97 Å². The van der Waals surface area contributed by atoms with Crippen molar-refractivity contribution < 1.29 is 17.9 Å². The smallest absolute Gasteiger partial charge is 0.416 e. The number of nitrogens with two attached hydrogens (primary N) is 1. The van der Waals surface area contributed by atoms with Crippen molar-refractivity contribution in [1.82, 2.24) is 9.97 Å². The van der Waals surface area contributed by atoms with Crippen molar-refractivity contribution in [1.29, 1.82) is 0 Å². The van der Waals surface area contributed by atoms with E-state index in [-0.39, 0.29) is 17.4 Å². The maximum Gasteiger partial charge on any atom is 0.416 e. The molecule has 0 unspecified atom stereocenters. The van der Waals surface area contributed by atoms with Gasteiger partial charge in [0.25, 0.3) is 5.88 Å². The fourth-order valence-corrected chi connectivity index (χ4v) is 1.24. The molecule has 2 aromatic rings. The summed E-state index contributed by atoms with van der Waals surface area (Å²) in [4.78, 5) is 7.56. The van der Waals surface area contributed by atoms with Crippen molar-refractivity contribution >= 4 is 5.82 Å². The van der Waals surface area contributed by atoms with Crippen molar-refractivity contribution in [2.24, 2.45) is 0 Å². The van der Waals surface area contributed by atoms with Gasteiger partial charge in [-0.25, -0.2) is 9.97 Å². The van der Waals surface area contributed by atoms with E-state index in [0.29, 0.717) is 0 Å². The maximum absolute atomic E-state index is 12.3. The summed E-state index contributed by atoms with van der Waals surface area (Å²) in [5.41, 5.74) is 4.74. The van der Waals surface area contributed by atoms with Gasteiger partial charge in [0, 0.05) is 12.4 Å². The van der Waals surface area contributed by atoms with Gasteiger partial charge >= 0.3 is 6.18 Å². The fraction of sp³-hybridized carbons (Fsp3) is 0.0909. The molecule has 1 heterocycles. The van der Waals surface area contributed by atoms with Crippen LogP contribution in [0.15, 0.2) is 36.7 Å². The lowest BCUT2D eigenvalue weighted by molar-refractivity contribution is -0.137. The van der Waals surface area contributed by atoms with Crippen molar-refractivity contribution in [3.8, 4) is 11.6 Å². The van der Waals surface area contributed by atoms with Crippen molar-refractivity contribution in [3.63, 3.8) is 0 Å². The topological polar surface area (TPSA) is 61.0 Å². The van der Waals surface area contributed by atoms with Gasteiger partial charge in [-0.05, 0) is 24.3 Å². The molecule has 0 fully saturated rings. The molecule has 7 heteroatoms. The molecule has 0 amide bonds. The van der Waals surface area contributed by atoms with E-state index in [1.54, 1.807) is 0 Å². The Bertz CT molecular complexity index is 540. The quantitative estimate of drug-likeness (QED) is 0.896. The van der Waals surface area contributed by atoms with Gasteiger partial charge in [-0.3, -0.25) is 0 Å². The largest absolute Gasteiger partial charge is 0.436 e. The summed E-state index contributed by atoms with van der Waals surface area (Å²) in [5.74, 6) is 0.324. The molecule has 94 valence electrons. The molecular formula is C11H8F3N3O. The van der Waals surface area contributed by atoms with Crippen LogP contribution in [0.2, 0.25) is 0 Å². The lowest BCUT2D eigenvalue weighted by atomic mass is 10.2. The van der Waals surface area contributed by atoms with Crippen molar-refractivity contribution in [2.75, 3.05) is 5.73 Å². The van der Waals surface area contributed by atoms with E-state index in [0.717, 1.165) is 12.1 Å². The highest BCUT2D eigenvalue weighted by atomic mass is 19.4. The molecule has 0 aliphatic carbocycles. The number of nitrogens with zero attached hydrogens (tertiary/aromatic N) is 2. The monoisotopic (exact) mass is 255 g/mol. The minimum absolute atomic E-state index is 0.0530. The second-order valence-corrected chi connectivity index (χ2v) is 3.37. The summed E-state index contributed by atoms with van der Waals surface area (Å²) in [7, 11) is 0. The SMILES string of the molecule is Nc1nccnc1Oc1ccc(C(F)(F)F)cc1. The minimum atomic E-state index is -4.37. The third-order valence-electron chi connectivity index (χ3n) is 2.09. The highest BCUT2D eigenvalue weighted by Gasteiger charge is 2.30. The number of hydrogen-bond donors (Lipinski definition) is 1. The van der Waals surface area contributed by atoms with Crippen LogP contribution in [0.4, 0.5) is 19.0 Å². The first-order valence-electron chi connectivity index (χ1n) is 4.88. The van der Waals surface area contributed by atoms with Crippen molar-refractivity contribution in [3.05, 3.63) is 42.2 Å². The molecule has 0 aliphatic rings. The first kappa shape index (κ1) is 12.2. The van der Waals surface area contributed by atoms with E-state index < -0.39 is 11.7 Å². The van der Waals surface area contributed by atoms with E-state index in [9.17, 15) is 13.2 Å². The Morgan fingerprint density at radius 1 is 1.00 bits per heavy atom. The highest BCUT2D eigenvalue weighted by Crippen LogP contribution is 2.31. The van der Waals surface area contributed by atoms with E-state index >= 15 is 0 Å². The van der Waals surface area contributed by atoms with Crippen LogP contribution < -0.4 is 10.5 Å². The molecule has 1 aromatic heterocycles. The van der Waals surface area contributed by atoms with Crippen LogP contribution in [0.3, 0.4) is 0 Å². The predicted molar refractivity (Wildman–Crippen MR) is 58.0 cm³/mol. The number of nitrogen functional groups attached to an aromatic ring is 1. The number of anilines is 1. The molecule has 0 aliphatic heterocycles. The molecule has 0 saturated heterocycles. The Kier molecular flexibility index (Phi) is 3.05. The molecule has 1 aromatic carbocycles. The average molecular weight is 255 g/mol. The van der Waals surface area contributed by atoms with Gasteiger partial charge < -0.3 is 10.5 Å². The zero-order chi connectivity index (χ0) is 13.2. The Labute approximate surface area is 100 Å². The van der Waals surface area contributed by atoms with E-state index in [1.807, 2.05) is 0 Å². The normalized spacial score (nSPS) is 11.3. The average Bonchev–Trinajstić information content (AvgIpc) is 2.32. The van der Waals surface area contributed by atoms with Gasteiger partial charge in [0.05, 0.1) is 5.56 Å². The van der Waals surface area contributed by atoms with Gasteiger partial charge in [-0.1, -0.05) is 0 Å². The number of ether oxygens (including phenoxy) is 1. The van der Waals surface area contributed by atoms with Gasteiger partial charge in [0.1, 0.15) is 5.75 Å². The van der Waals surface area contributed by atoms with Gasteiger partial charge in [-0.15, -0.1) is 0 Å². The van der Waals surface area contributed by atoms with Crippen LogP contribution in [0.25, 0.3) is 0 Å². The molecule has 2 rings (SSSR count). The van der Waals surface area contributed by atoms with E-state index in [1.165, 1.54) is 24.5 Å². The molecule has 4 nitrogen and oxygen atoms in total. The third-order valence-corrected chi connectivity index (χ3v) is 2.09. The third kappa shape index (κ3) is 2.68. The first-order valence-corrected chi connectivity index (χ1v) is 4.88. The molecule has 18 heavy (non-hydrogen) atoms. The van der Waals surface area contributed by atoms with Crippen LogP contribution in [-0.2, 0) is 6.18 Å². The summed E-state index contributed by atoms with van der Waals surface area (Å²) in [5, 5.41) is 0. The van der Waals surface area contributed by atoms with E-state index in [4.69, 9.17) is 10.5 Å². The first-order chi connectivity index (χ1) is 8.47. The number of alkyl halides is 3. The summed E-state index contributed by atoms with van der Waals surface area (Å²) in [6.07, 6.45) is -1.62. The molecule has 2 N–H and O–H groups in total. The number of benzene rings is 1. The van der Waals surface area contributed by atoms with Gasteiger partial charge in [-0.2, -0.15) is 13.2 Å². The van der Waals surface area contributed by atoms with Crippen LogP contribution >= 0.6 is 0 Å². The number of rotatable bonds is 2. The lowest BCUT2D eigenvalue weighted by Gasteiger charge is -2.08. The standard InChI is InChI=1S/C11H8F3N3O/c12-11(13,14)7-1-3-8(4-2-7)18-10-9(15)16-5-6-17-10/h1-6H,(H2,15,16). The maximum atomic E-state index is 12.3. The molecule has 0 atom stereocenters. The summed E-state index contributed by atoms with van der Waals surface area (Å²) >= 11 is 0. The fourth-order valence-electron chi connectivity index (χ4n) is 1.24. The molecule has 0 bridgehead atoms. The van der Waals surface area contributed by atoms with Gasteiger partial charge in [0.2, 0.25) is 0 Å². The second-order valence-electron chi connectivity index (χ2n) is 3.37. The highest BCUT2D eigenvalue weighted by molar-refractivity contribution is 5.42. The van der Waals surface area contributed by atoms with Crippen LogP contribution in [0.5, 0.6) is 11.6 Å². The summed E-state index contributed by atoms with van der Waals surface area (Å²) in [6, 6.07) is 4.22. The summed E-state index contributed by atoms with van der Waals surface area (Å²) in [6.45, 7) is 0. The number of aromatic nitrogens is 2. The second kappa shape index (κ2) is 4.52. The summed E-state index contributed by atoms with van der Waals surface area (Å²) < 4.78 is 42.2. The minimum Gasteiger partial charge on any atom is -0.436 e. The molecular weight excluding hydrogens is 247 g/mol. The Hall–Kier alpha value is -2.31. The molecule has 0 saturated carbocycles. The predicted octanol–water partition coefficient (Wildman–Crippen LogP) is 2.87. The van der Waals surface area contributed by atoms with Crippen LogP contribution in [0.1, 0.15) is 5.56 Å². The Balaban J connectivity index is 2.19. The Morgan fingerprint density at radius 3 is 2.17 bits per heavy atom. The van der Waals surface area contributed by atoms with Crippen molar-refractivity contribution in [2.45, 2.75) is 6.18 Å². The van der Waals surface area contributed by atoms with E-state index in [2.05, 4.69) is 9.97 Å². The van der Waals surface area contributed by atoms with Gasteiger partial charge in [0.15, 0.2) is 5.82 Å². The lowest BCUT2D eigenvalue weighted by Crippen LogP contribution is -2.04. The van der Waals surface area contributed by atoms with Crippen LogP contribution in [0, 0.1) is 0 Å². The zero-order valence-corrected chi connectivity index (χ0v) is 8.98. The number of halogens is 3. The number of hydrogen-bond acceptors (Lipinski definition) is 4. The zero-order valence-electron chi connectivity index (χ0n) is 8.98.